The first kappa shape index (κ1) is 15.1. The summed E-state index contributed by atoms with van der Waals surface area (Å²) < 4.78 is 10.5. The van der Waals surface area contributed by atoms with Gasteiger partial charge in [0.2, 0.25) is 0 Å². The molecule has 22 heavy (non-hydrogen) atoms. The quantitative estimate of drug-likeness (QED) is 0.888. The molecule has 1 aromatic heterocycles. The number of methoxy groups -OCH3 is 1. The summed E-state index contributed by atoms with van der Waals surface area (Å²) in [7, 11) is 1.68. The number of likely N-dealkylation sites (tertiary alicyclic amines) is 1. The van der Waals surface area contributed by atoms with Crippen molar-refractivity contribution >= 4 is 0 Å². The van der Waals surface area contributed by atoms with E-state index >= 15 is 0 Å². The van der Waals surface area contributed by atoms with Crippen LogP contribution in [0.25, 0.3) is 0 Å². The Morgan fingerprint density at radius 2 is 2.14 bits per heavy atom. The average Bonchev–Trinajstić information content (AvgIpc) is 3.20. The van der Waals surface area contributed by atoms with Gasteiger partial charge in [0.25, 0.3) is 0 Å². The van der Waals surface area contributed by atoms with Crippen molar-refractivity contribution in [3.05, 3.63) is 54.0 Å². The Hall–Kier alpha value is -1.78. The normalized spacial score (nSPS) is 20.2. The van der Waals surface area contributed by atoms with E-state index in [9.17, 15) is 5.11 Å². The number of rotatable bonds is 6. The number of nitrogens with zero attached hydrogens (tertiary/aromatic N) is 1. The molecule has 1 aliphatic heterocycles. The van der Waals surface area contributed by atoms with Crippen molar-refractivity contribution in [3.8, 4) is 5.75 Å². The summed E-state index contributed by atoms with van der Waals surface area (Å²) >= 11 is 0. The molecule has 0 saturated carbocycles. The molecule has 2 atom stereocenters. The lowest BCUT2D eigenvalue weighted by atomic mass is 10.0. The Morgan fingerprint density at radius 1 is 1.32 bits per heavy atom. The molecular weight excluding hydrogens is 278 g/mol. The number of benzene rings is 1. The van der Waals surface area contributed by atoms with Gasteiger partial charge in [0.15, 0.2) is 0 Å². The zero-order chi connectivity index (χ0) is 15.4. The summed E-state index contributed by atoms with van der Waals surface area (Å²) in [6, 6.07) is 12.3. The molecule has 118 valence electrons. The second-order valence-electron chi connectivity index (χ2n) is 5.88. The minimum Gasteiger partial charge on any atom is -0.497 e. The average molecular weight is 301 g/mol. The third-order valence-corrected chi connectivity index (χ3v) is 4.41. The Bertz CT molecular complexity index is 565. The standard InChI is InChI=1S/C18H23NO3/c1-21-16-8-6-14(7-9-16)13-19-10-2-4-15(19)12-17(20)18-5-3-11-22-18/h3,5-9,11,15,17,20H,2,4,10,12-13H2,1H3. The number of aliphatic hydroxyl groups excluding tert-OH is 1. The lowest BCUT2D eigenvalue weighted by Crippen LogP contribution is -2.30. The molecule has 4 heteroatoms. The van der Waals surface area contributed by atoms with Crippen LogP contribution in [0.2, 0.25) is 0 Å². The molecule has 2 heterocycles. The SMILES string of the molecule is COc1ccc(CN2CCCC2CC(O)c2ccco2)cc1. The van der Waals surface area contributed by atoms with E-state index in [0.717, 1.165) is 31.7 Å². The zero-order valence-corrected chi connectivity index (χ0v) is 12.9. The fourth-order valence-corrected chi connectivity index (χ4v) is 3.19. The van der Waals surface area contributed by atoms with Crippen LogP contribution < -0.4 is 4.74 Å². The van der Waals surface area contributed by atoms with Gasteiger partial charge in [-0.25, -0.2) is 0 Å². The first-order chi connectivity index (χ1) is 10.8. The fraction of sp³-hybridized carbons (Fsp3) is 0.444. The van der Waals surface area contributed by atoms with Crippen LogP contribution in [-0.4, -0.2) is 29.7 Å². The highest BCUT2D eigenvalue weighted by Crippen LogP contribution is 2.29. The highest BCUT2D eigenvalue weighted by Gasteiger charge is 2.27. The fourth-order valence-electron chi connectivity index (χ4n) is 3.19. The molecule has 2 aromatic rings. The van der Waals surface area contributed by atoms with Crippen LogP contribution in [0, 0.1) is 0 Å². The van der Waals surface area contributed by atoms with E-state index in [0.29, 0.717) is 11.8 Å². The Labute approximate surface area is 131 Å². The van der Waals surface area contributed by atoms with Gasteiger partial charge in [0, 0.05) is 12.6 Å². The summed E-state index contributed by atoms with van der Waals surface area (Å²) in [6.45, 7) is 2.00. The van der Waals surface area contributed by atoms with Crippen molar-refractivity contribution in [2.45, 2.75) is 38.0 Å². The van der Waals surface area contributed by atoms with Crippen molar-refractivity contribution < 1.29 is 14.3 Å². The van der Waals surface area contributed by atoms with Gasteiger partial charge in [-0.05, 0) is 55.6 Å². The highest BCUT2D eigenvalue weighted by atomic mass is 16.5. The molecular formula is C18H23NO3. The summed E-state index contributed by atoms with van der Waals surface area (Å²) in [5, 5.41) is 10.3. The first-order valence-corrected chi connectivity index (χ1v) is 7.84. The third-order valence-electron chi connectivity index (χ3n) is 4.41. The van der Waals surface area contributed by atoms with Crippen molar-refractivity contribution in [2.75, 3.05) is 13.7 Å². The molecule has 0 bridgehead atoms. The minimum absolute atomic E-state index is 0.405. The van der Waals surface area contributed by atoms with Crippen molar-refractivity contribution in [1.29, 1.82) is 0 Å². The van der Waals surface area contributed by atoms with E-state index < -0.39 is 6.10 Å². The molecule has 3 rings (SSSR count). The third kappa shape index (κ3) is 3.51. The van der Waals surface area contributed by atoms with Crippen molar-refractivity contribution in [1.82, 2.24) is 4.90 Å². The van der Waals surface area contributed by atoms with Crippen molar-refractivity contribution in [3.63, 3.8) is 0 Å². The van der Waals surface area contributed by atoms with Gasteiger partial charge in [-0.2, -0.15) is 0 Å². The van der Waals surface area contributed by atoms with Gasteiger partial charge in [-0.3, -0.25) is 4.90 Å². The molecule has 1 fully saturated rings. The van der Waals surface area contributed by atoms with Crippen LogP contribution in [0.1, 0.15) is 36.7 Å². The largest absolute Gasteiger partial charge is 0.497 e. The Morgan fingerprint density at radius 3 is 2.82 bits per heavy atom. The van der Waals surface area contributed by atoms with Crippen LogP contribution in [0.5, 0.6) is 5.75 Å². The van der Waals surface area contributed by atoms with E-state index in [-0.39, 0.29) is 0 Å². The second kappa shape index (κ2) is 6.99. The number of hydrogen-bond acceptors (Lipinski definition) is 4. The summed E-state index contributed by atoms with van der Waals surface area (Å²) in [5.74, 6) is 1.55. The molecule has 1 aliphatic rings. The molecule has 0 amide bonds. The Kier molecular flexibility index (Phi) is 4.80. The summed E-state index contributed by atoms with van der Waals surface area (Å²) in [6.07, 6.45) is 4.14. The molecule has 1 saturated heterocycles. The molecule has 0 spiro atoms. The maximum atomic E-state index is 10.3. The van der Waals surface area contributed by atoms with E-state index in [4.69, 9.17) is 9.15 Å². The predicted molar refractivity (Wildman–Crippen MR) is 84.7 cm³/mol. The molecule has 1 N–H and O–H groups in total. The zero-order valence-electron chi connectivity index (χ0n) is 12.9. The van der Waals surface area contributed by atoms with Gasteiger partial charge in [0.1, 0.15) is 17.6 Å². The minimum atomic E-state index is -0.517. The van der Waals surface area contributed by atoms with Crippen LogP contribution >= 0.6 is 0 Å². The number of furan rings is 1. The van der Waals surface area contributed by atoms with E-state index in [2.05, 4.69) is 17.0 Å². The predicted octanol–water partition coefficient (Wildman–Crippen LogP) is 3.38. The topological polar surface area (TPSA) is 45.8 Å². The summed E-state index contributed by atoms with van der Waals surface area (Å²) in [4.78, 5) is 2.45. The van der Waals surface area contributed by atoms with E-state index in [1.165, 1.54) is 12.0 Å². The van der Waals surface area contributed by atoms with Crippen LogP contribution in [0.3, 0.4) is 0 Å². The number of aliphatic hydroxyl groups is 1. The monoisotopic (exact) mass is 301 g/mol. The van der Waals surface area contributed by atoms with Crippen LogP contribution in [-0.2, 0) is 6.54 Å². The smallest absolute Gasteiger partial charge is 0.132 e. The van der Waals surface area contributed by atoms with Crippen LogP contribution in [0.4, 0.5) is 0 Å². The highest BCUT2D eigenvalue weighted by molar-refractivity contribution is 5.27. The lowest BCUT2D eigenvalue weighted by molar-refractivity contribution is 0.0995. The van der Waals surface area contributed by atoms with E-state index in [1.807, 2.05) is 24.3 Å². The van der Waals surface area contributed by atoms with Gasteiger partial charge >= 0.3 is 0 Å². The lowest BCUT2D eigenvalue weighted by Gasteiger charge is -2.26. The summed E-state index contributed by atoms with van der Waals surface area (Å²) in [5.41, 5.74) is 1.28. The molecule has 0 aliphatic carbocycles. The van der Waals surface area contributed by atoms with Gasteiger partial charge in [-0.15, -0.1) is 0 Å². The molecule has 1 aromatic carbocycles. The van der Waals surface area contributed by atoms with Gasteiger partial charge in [-0.1, -0.05) is 12.1 Å². The first-order valence-electron chi connectivity index (χ1n) is 7.84. The van der Waals surface area contributed by atoms with Gasteiger partial charge in [0.05, 0.1) is 13.4 Å². The maximum Gasteiger partial charge on any atom is 0.132 e. The molecule has 2 unspecified atom stereocenters. The maximum absolute atomic E-state index is 10.3. The Balaban J connectivity index is 1.60. The number of hydrogen-bond donors (Lipinski definition) is 1. The second-order valence-corrected chi connectivity index (χ2v) is 5.88. The number of ether oxygens (including phenoxy) is 1. The van der Waals surface area contributed by atoms with Crippen LogP contribution in [0.15, 0.2) is 47.1 Å². The van der Waals surface area contributed by atoms with E-state index in [1.54, 1.807) is 13.4 Å². The molecule has 0 radical (unpaired) electrons. The molecule has 4 nitrogen and oxygen atoms in total. The van der Waals surface area contributed by atoms with Crippen molar-refractivity contribution in [2.24, 2.45) is 0 Å². The van der Waals surface area contributed by atoms with Gasteiger partial charge < -0.3 is 14.3 Å².